The Morgan fingerprint density at radius 3 is 2.44 bits per heavy atom. The van der Waals surface area contributed by atoms with Crippen molar-refractivity contribution in [3.05, 3.63) is 12.7 Å². The molecule has 1 rings (SSSR count). The first-order valence-electron chi connectivity index (χ1n) is 5.77. The summed E-state index contributed by atoms with van der Waals surface area (Å²) in [6.07, 6.45) is 1.46. The van der Waals surface area contributed by atoms with Crippen molar-refractivity contribution >= 4 is 5.78 Å². The molecule has 0 aliphatic carbocycles. The molecule has 1 saturated heterocycles. The van der Waals surface area contributed by atoms with Crippen LogP contribution in [-0.2, 0) is 14.3 Å². The second-order valence-corrected chi connectivity index (χ2v) is 5.09. The summed E-state index contributed by atoms with van der Waals surface area (Å²) in [5.74, 6) is -0.381. The van der Waals surface area contributed by atoms with Crippen molar-refractivity contribution in [3.63, 3.8) is 0 Å². The van der Waals surface area contributed by atoms with Gasteiger partial charge in [-0.05, 0) is 20.8 Å². The average molecular weight is 226 g/mol. The predicted molar refractivity (Wildman–Crippen MR) is 63.0 cm³/mol. The van der Waals surface area contributed by atoms with Crippen molar-refractivity contribution < 1.29 is 14.3 Å². The summed E-state index contributed by atoms with van der Waals surface area (Å²) in [6.45, 7) is 13.1. The molecule has 0 spiro atoms. The molecule has 1 fully saturated rings. The third-order valence-corrected chi connectivity index (χ3v) is 3.12. The van der Waals surface area contributed by atoms with Gasteiger partial charge in [0.2, 0.25) is 0 Å². The van der Waals surface area contributed by atoms with Crippen LogP contribution >= 0.6 is 0 Å². The zero-order valence-corrected chi connectivity index (χ0v) is 10.8. The molecule has 0 N–H and O–H groups in total. The molecular weight excluding hydrogens is 204 g/mol. The fourth-order valence-electron chi connectivity index (χ4n) is 2.22. The minimum atomic E-state index is -0.704. The second-order valence-electron chi connectivity index (χ2n) is 5.09. The van der Waals surface area contributed by atoms with Gasteiger partial charge in [-0.3, -0.25) is 4.79 Å². The molecular formula is C13H22O3. The van der Waals surface area contributed by atoms with Gasteiger partial charge in [-0.15, -0.1) is 6.58 Å². The lowest BCUT2D eigenvalue weighted by Gasteiger charge is -2.45. The molecule has 1 aliphatic heterocycles. The van der Waals surface area contributed by atoms with E-state index in [1.807, 2.05) is 33.8 Å². The van der Waals surface area contributed by atoms with E-state index in [1.165, 1.54) is 0 Å². The molecule has 0 amide bonds. The van der Waals surface area contributed by atoms with Gasteiger partial charge < -0.3 is 9.47 Å². The molecule has 0 aromatic carbocycles. The van der Waals surface area contributed by atoms with Crippen LogP contribution in [0.15, 0.2) is 12.7 Å². The zero-order valence-electron chi connectivity index (χ0n) is 10.8. The monoisotopic (exact) mass is 226 g/mol. The van der Waals surface area contributed by atoms with Crippen molar-refractivity contribution in [1.29, 1.82) is 0 Å². The number of carbonyl (C=O) groups is 1. The van der Waals surface area contributed by atoms with Crippen LogP contribution in [0.4, 0.5) is 0 Å². The number of hydrogen-bond acceptors (Lipinski definition) is 3. The summed E-state index contributed by atoms with van der Waals surface area (Å²) in [4.78, 5) is 11.5. The van der Waals surface area contributed by atoms with E-state index in [-0.39, 0.29) is 29.8 Å². The van der Waals surface area contributed by atoms with Gasteiger partial charge in [0.15, 0.2) is 11.6 Å². The Hall–Kier alpha value is -0.670. The van der Waals surface area contributed by atoms with Crippen molar-refractivity contribution in [2.24, 2.45) is 11.8 Å². The lowest BCUT2D eigenvalue weighted by atomic mass is 9.86. The third kappa shape index (κ3) is 2.71. The van der Waals surface area contributed by atoms with Crippen LogP contribution < -0.4 is 0 Å². The Morgan fingerprint density at radius 2 is 2.00 bits per heavy atom. The minimum absolute atomic E-state index is 0.0184. The summed E-state index contributed by atoms with van der Waals surface area (Å²) in [5.41, 5.74) is 0. The molecule has 0 aromatic rings. The summed E-state index contributed by atoms with van der Waals surface area (Å²) >= 11 is 0. The highest BCUT2D eigenvalue weighted by Crippen LogP contribution is 2.35. The van der Waals surface area contributed by atoms with Crippen LogP contribution in [0.3, 0.4) is 0 Å². The van der Waals surface area contributed by atoms with E-state index in [4.69, 9.17) is 9.47 Å². The Kier molecular flexibility index (Phi) is 3.92. The minimum Gasteiger partial charge on any atom is -0.346 e. The maximum atomic E-state index is 11.5. The topological polar surface area (TPSA) is 35.5 Å². The van der Waals surface area contributed by atoms with E-state index in [0.29, 0.717) is 0 Å². The molecule has 1 aliphatic rings. The Morgan fingerprint density at radius 1 is 1.44 bits per heavy atom. The van der Waals surface area contributed by atoms with E-state index >= 15 is 0 Å². The Labute approximate surface area is 97.8 Å². The fraction of sp³-hybridized carbons (Fsp3) is 0.769. The molecule has 4 atom stereocenters. The summed E-state index contributed by atoms with van der Waals surface area (Å²) < 4.78 is 11.5. The van der Waals surface area contributed by atoms with Crippen LogP contribution in [0.25, 0.3) is 0 Å². The lowest BCUT2D eigenvalue weighted by Crippen LogP contribution is -2.54. The number of ketones is 1. The van der Waals surface area contributed by atoms with Gasteiger partial charge >= 0.3 is 0 Å². The number of ether oxygens (including phenoxy) is 2. The van der Waals surface area contributed by atoms with E-state index in [2.05, 4.69) is 6.58 Å². The van der Waals surface area contributed by atoms with Crippen molar-refractivity contribution in [2.45, 2.75) is 52.6 Å². The fourth-order valence-corrected chi connectivity index (χ4v) is 2.22. The van der Waals surface area contributed by atoms with E-state index in [9.17, 15) is 4.79 Å². The largest absolute Gasteiger partial charge is 0.346 e. The van der Waals surface area contributed by atoms with Crippen LogP contribution in [0.1, 0.15) is 34.6 Å². The van der Waals surface area contributed by atoms with Gasteiger partial charge in [0, 0.05) is 11.8 Å². The van der Waals surface area contributed by atoms with Gasteiger partial charge in [-0.2, -0.15) is 0 Å². The van der Waals surface area contributed by atoms with Crippen molar-refractivity contribution in [2.75, 3.05) is 0 Å². The molecule has 0 saturated carbocycles. The second kappa shape index (κ2) is 4.68. The molecule has 0 radical (unpaired) electrons. The SMILES string of the molecule is C=C[C@H](C)[C@H]1OC(C)(C)O[C@H](C(C)=O)[C@H]1C. The molecule has 3 nitrogen and oxygen atoms in total. The van der Waals surface area contributed by atoms with Crippen LogP contribution in [0, 0.1) is 11.8 Å². The third-order valence-electron chi connectivity index (χ3n) is 3.12. The van der Waals surface area contributed by atoms with Crippen LogP contribution in [-0.4, -0.2) is 23.8 Å². The van der Waals surface area contributed by atoms with Gasteiger partial charge in [0.05, 0.1) is 6.10 Å². The first-order valence-corrected chi connectivity index (χ1v) is 5.77. The Balaban J connectivity index is 2.93. The molecule has 16 heavy (non-hydrogen) atoms. The highest BCUT2D eigenvalue weighted by molar-refractivity contribution is 5.81. The molecule has 92 valence electrons. The smallest absolute Gasteiger partial charge is 0.164 e. The zero-order chi connectivity index (χ0) is 12.5. The number of Topliss-reactive ketones (excluding diaryl/α,β-unsaturated/α-hetero) is 1. The lowest BCUT2D eigenvalue weighted by molar-refractivity contribution is -0.316. The summed E-state index contributed by atoms with van der Waals surface area (Å²) in [5, 5.41) is 0. The summed E-state index contributed by atoms with van der Waals surface area (Å²) in [6, 6.07) is 0. The molecule has 0 aromatic heterocycles. The Bertz CT molecular complexity index is 283. The number of rotatable bonds is 3. The number of carbonyl (C=O) groups excluding carboxylic acids is 1. The first-order chi connectivity index (χ1) is 7.28. The van der Waals surface area contributed by atoms with E-state index in [0.717, 1.165) is 0 Å². The van der Waals surface area contributed by atoms with Crippen molar-refractivity contribution in [1.82, 2.24) is 0 Å². The van der Waals surface area contributed by atoms with E-state index < -0.39 is 5.79 Å². The molecule has 3 heteroatoms. The molecule has 0 unspecified atom stereocenters. The van der Waals surface area contributed by atoms with Crippen LogP contribution in [0.5, 0.6) is 0 Å². The molecule has 1 heterocycles. The normalized spacial score (nSPS) is 35.4. The molecule has 0 bridgehead atoms. The van der Waals surface area contributed by atoms with Crippen LogP contribution in [0.2, 0.25) is 0 Å². The average Bonchev–Trinajstić information content (AvgIpc) is 2.19. The maximum absolute atomic E-state index is 11.5. The van der Waals surface area contributed by atoms with Gasteiger partial charge in [0.1, 0.15) is 6.10 Å². The van der Waals surface area contributed by atoms with E-state index in [1.54, 1.807) is 6.92 Å². The highest BCUT2D eigenvalue weighted by atomic mass is 16.7. The summed E-state index contributed by atoms with van der Waals surface area (Å²) in [7, 11) is 0. The number of hydrogen-bond donors (Lipinski definition) is 0. The predicted octanol–water partition coefficient (Wildman–Crippen LogP) is 2.55. The van der Waals surface area contributed by atoms with Gasteiger partial charge in [-0.25, -0.2) is 0 Å². The maximum Gasteiger partial charge on any atom is 0.164 e. The quantitative estimate of drug-likeness (QED) is 0.694. The van der Waals surface area contributed by atoms with Gasteiger partial charge in [-0.1, -0.05) is 19.9 Å². The standard InChI is InChI=1S/C13H22O3/c1-7-8(2)11-9(3)12(10(4)14)16-13(5,6)15-11/h7-9,11-12H,1H2,2-6H3/t8-,9-,11+,12-/m0/s1. The first kappa shape index (κ1) is 13.4. The highest BCUT2D eigenvalue weighted by Gasteiger charge is 2.44. The van der Waals surface area contributed by atoms with Crippen molar-refractivity contribution in [3.8, 4) is 0 Å². The van der Waals surface area contributed by atoms with Gasteiger partial charge in [0.25, 0.3) is 0 Å².